The summed E-state index contributed by atoms with van der Waals surface area (Å²) in [5, 5.41) is 13.8. The molecule has 4 rings (SSSR count). The number of hydrogen-bond acceptors (Lipinski definition) is 7. The van der Waals surface area contributed by atoms with Crippen molar-refractivity contribution in [3.63, 3.8) is 0 Å². The van der Waals surface area contributed by atoms with Crippen LogP contribution >= 0.6 is 22.7 Å². The van der Waals surface area contributed by atoms with Gasteiger partial charge >= 0.3 is 0 Å². The number of benzene rings is 1. The van der Waals surface area contributed by atoms with Crippen LogP contribution in [0.5, 0.6) is 0 Å². The van der Waals surface area contributed by atoms with Gasteiger partial charge in [-0.1, -0.05) is 18.2 Å². The second kappa shape index (κ2) is 7.59. The summed E-state index contributed by atoms with van der Waals surface area (Å²) in [6.07, 6.45) is 0.730. The molecule has 0 aliphatic heterocycles. The van der Waals surface area contributed by atoms with Gasteiger partial charge in [0.2, 0.25) is 10.0 Å². The van der Waals surface area contributed by atoms with Crippen LogP contribution < -0.4 is 10.5 Å². The lowest BCUT2D eigenvalue weighted by molar-refractivity contribution is 0.598. The van der Waals surface area contributed by atoms with Gasteiger partial charge in [-0.15, -0.1) is 22.7 Å². The highest BCUT2D eigenvalue weighted by atomic mass is 32.2. The molecular weight excluding hydrogens is 412 g/mol. The van der Waals surface area contributed by atoms with Gasteiger partial charge in [0, 0.05) is 22.4 Å². The fourth-order valence-corrected chi connectivity index (χ4v) is 5.28. The monoisotopic (exact) mass is 430 g/mol. The molecule has 9 heteroatoms. The molecule has 3 heterocycles. The molecule has 28 heavy (non-hydrogen) atoms. The Kier molecular flexibility index (Phi) is 5.15. The molecule has 0 spiro atoms. The van der Waals surface area contributed by atoms with Gasteiger partial charge in [0.15, 0.2) is 0 Å². The standard InChI is InChI=1S/C19H18N4O2S3/c1-12-22-18(17-15(11-27-19(17)23-12)16-3-2-10-26-16)21-9-8-13-4-6-14(7-5-13)28(20,24)25/h2-7,10-11H,8-9H2,1H3,(H2,20,24,25)(H,21,22,23). The normalized spacial score (nSPS) is 11.8. The van der Waals surface area contributed by atoms with E-state index < -0.39 is 10.0 Å². The van der Waals surface area contributed by atoms with Gasteiger partial charge in [0.05, 0.1) is 10.3 Å². The molecular formula is C19H18N4O2S3. The average molecular weight is 431 g/mol. The number of hydrogen-bond donors (Lipinski definition) is 2. The van der Waals surface area contributed by atoms with Gasteiger partial charge in [-0.05, 0) is 42.5 Å². The molecule has 0 fully saturated rings. The number of aromatic nitrogens is 2. The van der Waals surface area contributed by atoms with Crippen LogP contribution in [-0.2, 0) is 16.4 Å². The van der Waals surface area contributed by atoms with E-state index in [-0.39, 0.29) is 4.90 Å². The van der Waals surface area contributed by atoms with Crippen molar-refractivity contribution in [1.29, 1.82) is 0 Å². The van der Waals surface area contributed by atoms with Crippen molar-refractivity contribution in [2.24, 2.45) is 5.14 Å². The zero-order valence-corrected chi connectivity index (χ0v) is 17.5. The number of fused-ring (bicyclic) bond motifs is 1. The Balaban J connectivity index is 1.56. The third kappa shape index (κ3) is 3.93. The smallest absolute Gasteiger partial charge is 0.238 e. The summed E-state index contributed by atoms with van der Waals surface area (Å²) < 4.78 is 22.7. The first-order chi connectivity index (χ1) is 13.4. The molecule has 0 aliphatic carbocycles. The topological polar surface area (TPSA) is 98.0 Å². The number of aryl methyl sites for hydroxylation is 1. The molecule has 1 aromatic carbocycles. The first-order valence-corrected chi connectivity index (χ1v) is 11.9. The highest BCUT2D eigenvalue weighted by molar-refractivity contribution is 7.89. The van der Waals surface area contributed by atoms with Crippen LogP contribution in [0.25, 0.3) is 20.7 Å². The van der Waals surface area contributed by atoms with Crippen molar-refractivity contribution in [3.05, 3.63) is 58.5 Å². The number of anilines is 1. The Labute approximate surface area is 171 Å². The molecule has 6 nitrogen and oxygen atoms in total. The van der Waals surface area contributed by atoms with Crippen LogP contribution in [0.2, 0.25) is 0 Å². The van der Waals surface area contributed by atoms with Crippen molar-refractivity contribution in [2.75, 3.05) is 11.9 Å². The van der Waals surface area contributed by atoms with E-state index in [1.54, 1.807) is 34.8 Å². The lowest BCUT2D eigenvalue weighted by atomic mass is 10.1. The highest BCUT2D eigenvalue weighted by Gasteiger charge is 2.15. The zero-order valence-electron chi connectivity index (χ0n) is 15.0. The predicted octanol–water partition coefficient (Wildman–Crippen LogP) is 4.03. The van der Waals surface area contributed by atoms with E-state index in [4.69, 9.17) is 5.14 Å². The predicted molar refractivity (Wildman–Crippen MR) is 115 cm³/mol. The molecule has 0 amide bonds. The number of thiophene rings is 2. The first kappa shape index (κ1) is 19.0. The van der Waals surface area contributed by atoms with Gasteiger partial charge < -0.3 is 5.32 Å². The SMILES string of the molecule is Cc1nc(NCCc2ccc(S(N)(=O)=O)cc2)c2c(-c3cccs3)csc2n1. The van der Waals surface area contributed by atoms with Crippen LogP contribution in [0, 0.1) is 6.92 Å². The summed E-state index contributed by atoms with van der Waals surface area (Å²) in [5.41, 5.74) is 2.17. The molecule has 4 aromatic rings. The molecule has 3 aromatic heterocycles. The lowest BCUT2D eigenvalue weighted by Crippen LogP contribution is -2.12. The summed E-state index contributed by atoms with van der Waals surface area (Å²) in [6, 6.07) is 10.8. The Morgan fingerprint density at radius 1 is 1.11 bits per heavy atom. The molecule has 3 N–H and O–H groups in total. The third-order valence-electron chi connectivity index (χ3n) is 4.29. The van der Waals surface area contributed by atoms with Gasteiger partial charge in [0.1, 0.15) is 16.5 Å². The van der Waals surface area contributed by atoms with E-state index in [2.05, 4.69) is 32.1 Å². The zero-order chi connectivity index (χ0) is 19.7. The second-order valence-corrected chi connectivity index (χ2v) is 9.66. The van der Waals surface area contributed by atoms with E-state index in [1.807, 2.05) is 13.0 Å². The molecule has 0 radical (unpaired) electrons. The van der Waals surface area contributed by atoms with Crippen LogP contribution in [0.3, 0.4) is 0 Å². The van der Waals surface area contributed by atoms with E-state index in [1.165, 1.54) is 17.0 Å². The number of rotatable bonds is 6. The van der Waals surface area contributed by atoms with Crippen molar-refractivity contribution in [3.8, 4) is 10.4 Å². The van der Waals surface area contributed by atoms with Gasteiger partial charge in [-0.25, -0.2) is 23.5 Å². The number of primary sulfonamides is 1. The van der Waals surface area contributed by atoms with Crippen molar-refractivity contribution in [1.82, 2.24) is 9.97 Å². The Hall–Kier alpha value is -2.33. The number of nitrogens with zero attached hydrogens (tertiary/aromatic N) is 2. The number of nitrogens with two attached hydrogens (primary N) is 1. The minimum atomic E-state index is -3.66. The molecule has 0 atom stereocenters. The second-order valence-electron chi connectivity index (χ2n) is 6.29. The number of nitrogens with one attached hydrogen (secondary N) is 1. The lowest BCUT2D eigenvalue weighted by Gasteiger charge is -2.09. The van der Waals surface area contributed by atoms with Gasteiger partial charge in [-0.3, -0.25) is 0 Å². The maximum atomic E-state index is 11.4. The van der Waals surface area contributed by atoms with Crippen LogP contribution in [0.4, 0.5) is 5.82 Å². The molecule has 0 unspecified atom stereocenters. The Bertz CT molecular complexity index is 1210. The minimum Gasteiger partial charge on any atom is -0.369 e. The fourth-order valence-electron chi connectivity index (χ4n) is 2.96. The average Bonchev–Trinajstić information content (AvgIpc) is 3.30. The van der Waals surface area contributed by atoms with E-state index >= 15 is 0 Å². The van der Waals surface area contributed by atoms with E-state index in [9.17, 15) is 8.42 Å². The van der Waals surface area contributed by atoms with Crippen LogP contribution in [0.1, 0.15) is 11.4 Å². The molecule has 144 valence electrons. The van der Waals surface area contributed by atoms with E-state index in [0.717, 1.165) is 39.4 Å². The molecule has 0 aliphatic rings. The summed E-state index contributed by atoms with van der Waals surface area (Å²) in [7, 11) is -3.66. The van der Waals surface area contributed by atoms with Crippen molar-refractivity contribution < 1.29 is 8.42 Å². The quantitative estimate of drug-likeness (QED) is 0.481. The minimum absolute atomic E-state index is 0.121. The summed E-state index contributed by atoms with van der Waals surface area (Å²) in [6.45, 7) is 2.56. The van der Waals surface area contributed by atoms with Crippen molar-refractivity contribution in [2.45, 2.75) is 18.2 Å². The Morgan fingerprint density at radius 2 is 1.89 bits per heavy atom. The first-order valence-electron chi connectivity index (χ1n) is 8.57. The van der Waals surface area contributed by atoms with Gasteiger partial charge in [-0.2, -0.15) is 0 Å². The third-order valence-corrected chi connectivity index (χ3v) is 6.99. The summed E-state index contributed by atoms with van der Waals surface area (Å²) >= 11 is 3.32. The summed E-state index contributed by atoms with van der Waals surface area (Å²) in [5.74, 6) is 1.56. The molecule has 0 saturated carbocycles. The number of sulfonamides is 1. The largest absolute Gasteiger partial charge is 0.369 e. The maximum Gasteiger partial charge on any atom is 0.238 e. The van der Waals surface area contributed by atoms with Crippen molar-refractivity contribution >= 4 is 48.7 Å². The fraction of sp³-hybridized carbons (Fsp3) is 0.158. The highest BCUT2D eigenvalue weighted by Crippen LogP contribution is 2.38. The van der Waals surface area contributed by atoms with Crippen LogP contribution in [0.15, 0.2) is 52.1 Å². The van der Waals surface area contributed by atoms with E-state index in [0.29, 0.717) is 6.54 Å². The Morgan fingerprint density at radius 3 is 2.57 bits per heavy atom. The summed E-state index contributed by atoms with van der Waals surface area (Å²) in [4.78, 5) is 11.5. The van der Waals surface area contributed by atoms with Crippen LogP contribution in [-0.4, -0.2) is 24.9 Å². The van der Waals surface area contributed by atoms with Gasteiger partial charge in [0.25, 0.3) is 0 Å². The molecule has 0 bridgehead atoms. The maximum absolute atomic E-state index is 11.4. The molecule has 0 saturated heterocycles.